The van der Waals surface area contributed by atoms with Crippen molar-refractivity contribution < 1.29 is 55.6 Å². The highest BCUT2D eigenvalue weighted by atomic mass is 32.1. The summed E-state index contributed by atoms with van der Waals surface area (Å²) in [7, 11) is 0. The number of halogens is 6. The lowest BCUT2D eigenvalue weighted by Gasteiger charge is -2.50. The lowest BCUT2D eigenvalue weighted by molar-refractivity contribution is -0.193. The van der Waals surface area contributed by atoms with E-state index in [9.17, 15) is 26.3 Å². The number of nitrogens with zero attached hydrogens (tertiary/aromatic N) is 3. The maximum atomic E-state index is 10.6. The Morgan fingerprint density at radius 3 is 2.31 bits per heavy atom. The van der Waals surface area contributed by atoms with Gasteiger partial charge in [0.15, 0.2) is 0 Å². The van der Waals surface area contributed by atoms with Crippen molar-refractivity contribution in [1.82, 2.24) is 14.9 Å². The number of pyridine rings is 1. The first-order valence-corrected chi connectivity index (χ1v) is 12.4. The third kappa shape index (κ3) is 11.1. The molecule has 218 valence electrons. The molecule has 0 bridgehead atoms. The predicted molar refractivity (Wildman–Crippen MR) is 125 cm³/mol. The Morgan fingerprint density at radius 2 is 1.77 bits per heavy atom. The molecule has 4 rings (SSSR count). The molecule has 2 atom stereocenters. The molecule has 2 unspecified atom stereocenters. The fourth-order valence-corrected chi connectivity index (χ4v) is 4.75. The lowest BCUT2D eigenvalue weighted by atomic mass is 9.73. The zero-order chi connectivity index (χ0) is 29.1. The van der Waals surface area contributed by atoms with Crippen LogP contribution in [0, 0.1) is 5.41 Å². The summed E-state index contributed by atoms with van der Waals surface area (Å²) in [5.74, 6) is -5.51. The maximum absolute atomic E-state index is 10.6. The number of aromatic nitrogens is 2. The van der Waals surface area contributed by atoms with E-state index in [0.29, 0.717) is 12.7 Å². The van der Waals surface area contributed by atoms with Crippen molar-refractivity contribution in [3.8, 4) is 0 Å². The van der Waals surface area contributed by atoms with Crippen LogP contribution < -0.4 is 0 Å². The molecule has 2 aromatic heterocycles. The fourth-order valence-electron chi connectivity index (χ4n) is 4.09. The second kappa shape index (κ2) is 14.5. The summed E-state index contributed by atoms with van der Waals surface area (Å²) in [6.45, 7) is 5.24. The molecule has 2 N–H and O–H groups in total. The van der Waals surface area contributed by atoms with Gasteiger partial charge >= 0.3 is 24.3 Å². The molecule has 2 aliphatic heterocycles. The van der Waals surface area contributed by atoms with Crippen LogP contribution in [0.15, 0.2) is 36.0 Å². The summed E-state index contributed by atoms with van der Waals surface area (Å²) in [5, 5.41) is 17.5. The number of carboxylic acids is 2. The minimum absolute atomic E-state index is 0.0997. The van der Waals surface area contributed by atoms with Crippen LogP contribution in [-0.2, 0) is 32.2 Å². The highest BCUT2D eigenvalue weighted by Crippen LogP contribution is 2.41. The summed E-state index contributed by atoms with van der Waals surface area (Å²) in [6, 6.07) is 5.96. The monoisotopic (exact) mass is 587 g/mol. The quantitative estimate of drug-likeness (QED) is 0.474. The number of carbonyl (C=O) groups is 2. The minimum atomic E-state index is -5.08. The average molecular weight is 588 g/mol. The number of fused-ring (bicyclic) bond motifs is 1. The molecule has 2 aromatic rings. The van der Waals surface area contributed by atoms with E-state index in [-0.39, 0.29) is 5.41 Å². The van der Waals surface area contributed by atoms with Crippen LogP contribution in [0.4, 0.5) is 26.3 Å². The zero-order valence-electron chi connectivity index (χ0n) is 20.5. The normalized spacial score (nSPS) is 21.4. The Kier molecular flexibility index (Phi) is 12.1. The van der Waals surface area contributed by atoms with Gasteiger partial charge in [0.25, 0.3) is 0 Å². The smallest absolute Gasteiger partial charge is 0.475 e. The van der Waals surface area contributed by atoms with Gasteiger partial charge in [-0.2, -0.15) is 26.3 Å². The van der Waals surface area contributed by atoms with Crippen molar-refractivity contribution >= 4 is 23.3 Å². The Balaban J connectivity index is 0.000000317. The van der Waals surface area contributed by atoms with Crippen molar-refractivity contribution in [1.29, 1.82) is 0 Å². The van der Waals surface area contributed by atoms with Gasteiger partial charge in [-0.3, -0.25) is 9.88 Å². The Labute approximate surface area is 223 Å². The van der Waals surface area contributed by atoms with Crippen LogP contribution in [0.2, 0.25) is 0 Å². The van der Waals surface area contributed by atoms with Crippen LogP contribution >= 0.6 is 11.3 Å². The number of rotatable bonds is 6. The highest BCUT2D eigenvalue weighted by molar-refractivity contribution is 7.09. The molecule has 0 radical (unpaired) electrons. The summed E-state index contributed by atoms with van der Waals surface area (Å²) >= 11 is 1.74. The zero-order valence-corrected chi connectivity index (χ0v) is 21.3. The van der Waals surface area contributed by atoms with E-state index in [2.05, 4.69) is 20.2 Å². The van der Waals surface area contributed by atoms with Crippen molar-refractivity contribution in [3.63, 3.8) is 0 Å². The van der Waals surface area contributed by atoms with E-state index in [1.165, 1.54) is 11.4 Å². The predicted octanol–water partition coefficient (Wildman–Crippen LogP) is 4.39. The number of hydrogen-bond donors (Lipinski definition) is 2. The molecule has 0 aliphatic carbocycles. The van der Waals surface area contributed by atoms with Gasteiger partial charge in [0.05, 0.1) is 31.6 Å². The number of hydrogen-bond acceptors (Lipinski definition) is 8. The van der Waals surface area contributed by atoms with E-state index in [1.807, 2.05) is 30.6 Å². The molecule has 0 saturated carbocycles. The van der Waals surface area contributed by atoms with Crippen LogP contribution in [0.5, 0.6) is 0 Å². The maximum Gasteiger partial charge on any atom is 0.490 e. The summed E-state index contributed by atoms with van der Waals surface area (Å²) in [5.41, 5.74) is 1.09. The van der Waals surface area contributed by atoms with Crippen molar-refractivity contribution in [2.24, 2.45) is 5.41 Å². The van der Waals surface area contributed by atoms with Gasteiger partial charge in [0, 0.05) is 42.9 Å². The molecule has 9 nitrogen and oxygen atoms in total. The minimum Gasteiger partial charge on any atom is -0.475 e. The van der Waals surface area contributed by atoms with Gasteiger partial charge in [0.2, 0.25) is 0 Å². The standard InChI is InChI=1S/C19H25N3O2S.2C2HF3O2/c1-2-7-20-16(4-1)13-23-15-19-6-3-10-24-17(19)5-9-22(14-19)12-18-21-8-11-25-18;2*3-2(4,5)1(6)7/h1-2,4,7-8,11,17H,3,5-6,9-10,12-15H2;2*(H,6,7). The number of carboxylic acid groups (broad SMARTS) is 2. The van der Waals surface area contributed by atoms with Gasteiger partial charge in [-0.1, -0.05) is 6.07 Å². The average Bonchev–Trinajstić information content (AvgIpc) is 3.37. The number of aliphatic carboxylic acids is 2. The molecular weight excluding hydrogens is 560 g/mol. The Morgan fingerprint density at radius 1 is 1.10 bits per heavy atom. The molecule has 2 fully saturated rings. The molecule has 2 saturated heterocycles. The molecular formula is C23H27F6N3O6S. The summed E-state index contributed by atoms with van der Waals surface area (Å²) < 4.78 is 75.7. The summed E-state index contributed by atoms with van der Waals surface area (Å²) in [6.07, 6.45) is -2.76. The molecule has 39 heavy (non-hydrogen) atoms. The number of piperidine rings is 1. The number of likely N-dealkylation sites (tertiary alicyclic amines) is 1. The molecule has 4 heterocycles. The molecule has 0 spiro atoms. The van der Waals surface area contributed by atoms with E-state index in [0.717, 1.165) is 51.4 Å². The first-order valence-electron chi connectivity index (χ1n) is 11.5. The molecule has 0 amide bonds. The Hall–Kier alpha value is -2.82. The van der Waals surface area contributed by atoms with Crippen LogP contribution in [0.1, 0.15) is 30.0 Å². The SMILES string of the molecule is O=C(O)C(F)(F)F.O=C(O)C(F)(F)F.c1ccc(COCC23CCCOC2CCN(Cc2nccs2)C3)nc1. The first kappa shape index (κ1) is 32.4. The lowest BCUT2D eigenvalue weighted by Crippen LogP contribution is -2.56. The molecule has 2 aliphatic rings. The van der Waals surface area contributed by atoms with Gasteiger partial charge in [-0.25, -0.2) is 14.6 Å². The van der Waals surface area contributed by atoms with E-state index in [1.54, 1.807) is 11.3 Å². The third-order valence-corrected chi connectivity index (χ3v) is 6.52. The van der Waals surface area contributed by atoms with E-state index >= 15 is 0 Å². The second-order valence-corrected chi connectivity index (χ2v) is 9.65. The fraction of sp³-hybridized carbons (Fsp3) is 0.565. The first-order chi connectivity index (χ1) is 18.2. The second-order valence-electron chi connectivity index (χ2n) is 8.67. The van der Waals surface area contributed by atoms with Crippen molar-refractivity contribution in [2.75, 3.05) is 26.3 Å². The highest BCUT2D eigenvalue weighted by Gasteiger charge is 2.46. The Bertz CT molecular complexity index is 1000. The third-order valence-electron chi connectivity index (χ3n) is 5.76. The van der Waals surface area contributed by atoms with Crippen molar-refractivity contribution in [2.45, 2.75) is 50.9 Å². The van der Waals surface area contributed by atoms with Crippen LogP contribution in [0.25, 0.3) is 0 Å². The number of alkyl halides is 6. The van der Waals surface area contributed by atoms with E-state index < -0.39 is 24.3 Å². The van der Waals surface area contributed by atoms with E-state index in [4.69, 9.17) is 29.3 Å². The number of thiazole rings is 1. The number of ether oxygens (including phenoxy) is 2. The van der Waals surface area contributed by atoms with Gasteiger partial charge in [0.1, 0.15) is 5.01 Å². The van der Waals surface area contributed by atoms with Gasteiger partial charge in [-0.15, -0.1) is 11.3 Å². The van der Waals surface area contributed by atoms with Gasteiger partial charge < -0.3 is 19.7 Å². The van der Waals surface area contributed by atoms with Crippen LogP contribution in [-0.4, -0.2) is 81.8 Å². The van der Waals surface area contributed by atoms with Gasteiger partial charge in [-0.05, 0) is 31.4 Å². The van der Waals surface area contributed by atoms with Crippen LogP contribution in [0.3, 0.4) is 0 Å². The molecule has 16 heteroatoms. The largest absolute Gasteiger partial charge is 0.490 e. The molecule has 0 aromatic carbocycles. The summed E-state index contributed by atoms with van der Waals surface area (Å²) in [4.78, 5) is 29.1. The topological polar surface area (TPSA) is 122 Å². The van der Waals surface area contributed by atoms with Crippen molar-refractivity contribution in [3.05, 3.63) is 46.7 Å².